The molecule has 0 bridgehead atoms. The van der Waals surface area contributed by atoms with Gasteiger partial charge in [0.2, 0.25) is 11.7 Å². The number of alkyl halides is 2. The topological polar surface area (TPSA) is 52.3 Å². The largest absolute Gasteiger partial charge is 0.460 e. The van der Waals surface area contributed by atoms with E-state index in [2.05, 4.69) is 25.7 Å². The van der Waals surface area contributed by atoms with E-state index in [9.17, 15) is 13.6 Å². The van der Waals surface area contributed by atoms with Crippen LogP contribution in [0, 0.1) is 0 Å². The fraction of sp³-hybridized carbons (Fsp3) is 0.231. The summed E-state index contributed by atoms with van der Waals surface area (Å²) in [6, 6.07) is 6.76. The molecule has 1 aromatic carbocycles. The highest BCUT2D eigenvalue weighted by Gasteiger charge is 2.28. The summed E-state index contributed by atoms with van der Waals surface area (Å²) in [6.45, 7) is 1.64. The van der Waals surface area contributed by atoms with E-state index in [1.807, 2.05) is 0 Å². The van der Waals surface area contributed by atoms with Crippen LogP contribution in [0.5, 0.6) is 0 Å². The average molecular weight is 346 g/mol. The molecule has 1 aromatic heterocycles. The van der Waals surface area contributed by atoms with E-state index in [0.717, 1.165) is 4.47 Å². The Labute approximate surface area is 121 Å². The van der Waals surface area contributed by atoms with Crippen LogP contribution in [0.15, 0.2) is 33.2 Å². The van der Waals surface area contributed by atoms with Crippen LogP contribution in [0.4, 0.5) is 8.78 Å². The Bertz CT molecular complexity index is 628. The van der Waals surface area contributed by atoms with Crippen LogP contribution in [0.1, 0.15) is 29.6 Å². The Kier molecular flexibility index (Phi) is 4.49. The summed E-state index contributed by atoms with van der Waals surface area (Å²) in [5.74, 6) is -1.56. The van der Waals surface area contributed by atoms with Gasteiger partial charge >= 0.3 is 5.97 Å². The lowest BCUT2D eigenvalue weighted by Crippen LogP contribution is -2.06. The second kappa shape index (κ2) is 6.13. The number of hydrogen-bond acceptors (Lipinski definition) is 4. The van der Waals surface area contributed by atoms with Crippen molar-refractivity contribution in [3.63, 3.8) is 0 Å². The van der Waals surface area contributed by atoms with Gasteiger partial charge in [0.25, 0.3) is 6.43 Å². The first-order chi connectivity index (χ1) is 9.52. The molecule has 7 heteroatoms. The van der Waals surface area contributed by atoms with Gasteiger partial charge in [0.05, 0.1) is 6.61 Å². The highest BCUT2D eigenvalue weighted by Crippen LogP contribution is 2.29. The van der Waals surface area contributed by atoms with Crippen molar-refractivity contribution in [3.05, 3.63) is 40.2 Å². The van der Waals surface area contributed by atoms with Crippen molar-refractivity contribution in [2.24, 2.45) is 0 Å². The Morgan fingerprint density at radius 1 is 1.50 bits per heavy atom. The molecule has 0 amide bonds. The number of nitrogens with zero attached hydrogens (tertiary/aromatic N) is 1. The van der Waals surface area contributed by atoms with Crippen LogP contribution < -0.4 is 0 Å². The normalized spacial score (nSPS) is 10.8. The lowest BCUT2D eigenvalue weighted by atomic mass is 10.2. The van der Waals surface area contributed by atoms with E-state index in [1.165, 1.54) is 0 Å². The first kappa shape index (κ1) is 14.6. The second-order valence-electron chi connectivity index (χ2n) is 3.76. The summed E-state index contributed by atoms with van der Waals surface area (Å²) >= 11 is 3.26. The molecular weight excluding hydrogens is 336 g/mol. The number of aromatic nitrogens is 1. The molecule has 0 aliphatic heterocycles. The summed E-state index contributed by atoms with van der Waals surface area (Å²) in [7, 11) is 0. The monoisotopic (exact) mass is 345 g/mol. The molecule has 1 heterocycles. The lowest BCUT2D eigenvalue weighted by Gasteiger charge is -1.99. The first-order valence-corrected chi connectivity index (χ1v) is 6.54. The van der Waals surface area contributed by atoms with E-state index in [0.29, 0.717) is 5.56 Å². The van der Waals surface area contributed by atoms with E-state index < -0.39 is 23.8 Å². The van der Waals surface area contributed by atoms with Crippen molar-refractivity contribution >= 4 is 21.9 Å². The Hall–Kier alpha value is -1.76. The summed E-state index contributed by atoms with van der Waals surface area (Å²) in [5, 5.41) is 0. The van der Waals surface area contributed by atoms with E-state index in [4.69, 9.17) is 4.42 Å². The average Bonchev–Trinajstić information content (AvgIpc) is 2.84. The number of ether oxygens (including phenoxy) is 1. The first-order valence-electron chi connectivity index (χ1n) is 5.74. The molecule has 20 heavy (non-hydrogen) atoms. The zero-order valence-electron chi connectivity index (χ0n) is 10.4. The molecule has 0 spiro atoms. The van der Waals surface area contributed by atoms with Crippen LogP contribution in [-0.4, -0.2) is 17.6 Å². The summed E-state index contributed by atoms with van der Waals surface area (Å²) < 4.78 is 36.4. The molecule has 0 saturated heterocycles. The van der Waals surface area contributed by atoms with Gasteiger partial charge in [-0.3, -0.25) is 0 Å². The lowest BCUT2D eigenvalue weighted by molar-refractivity contribution is 0.0476. The zero-order chi connectivity index (χ0) is 14.7. The standard InChI is InChI=1S/C13H10BrF2NO3/c1-2-19-13(18)10-9(11(15)16)17-12(20-10)7-4-3-5-8(14)6-7/h3-6,11H,2H2,1H3. The van der Waals surface area contributed by atoms with Gasteiger partial charge in [0.1, 0.15) is 0 Å². The van der Waals surface area contributed by atoms with Crippen LogP contribution in [-0.2, 0) is 4.74 Å². The Balaban J connectivity index is 2.46. The van der Waals surface area contributed by atoms with E-state index >= 15 is 0 Å². The third-order valence-corrected chi connectivity index (χ3v) is 2.89. The van der Waals surface area contributed by atoms with Gasteiger partial charge in [0.15, 0.2) is 5.69 Å². The predicted molar refractivity (Wildman–Crippen MR) is 70.6 cm³/mol. The van der Waals surface area contributed by atoms with Gasteiger partial charge in [-0.25, -0.2) is 18.6 Å². The summed E-state index contributed by atoms with van der Waals surface area (Å²) in [4.78, 5) is 15.3. The molecule has 0 atom stereocenters. The molecule has 0 radical (unpaired) electrons. The third-order valence-electron chi connectivity index (χ3n) is 2.39. The van der Waals surface area contributed by atoms with Gasteiger partial charge in [-0.1, -0.05) is 22.0 Å². The van der Waals surface area contributed by atoms with Gasteiger partial charge in [-0.15, -0.1) is 0 Å². The molecule has 2 aromatic rings. The quantitative estimate of drug-likeness (QED) is 0.778. The Morgan fingerprint density at radius 2 is 2.25 bits per heavy atom. The number of oxazole rings is 1. The number of benzene rings is 1. The van der Waals surface area contributed by atoms with E-state index in [-0.39, 0.29) is 12.5 Å². The maximum Gasteiger partial charge on any atom is 0.376 e. The van der Waals surface area contributed by atoms with Gasteiger partial charge < -0.3 is 9.15 Å². The fourth-order valence-electron chi connectivity index (χ4n) is 1.57. The highest BCUT2D eigenvalue weighted by atomic mass is 79.9. The van der Waals surface area contributed by atoms with Crippen LogP contribution in [0.25, 0.3) is 11.5 Å². The van der Waals surface area contributed by atoms with Gasteiger partial charge in [-0.05, 0) is 25.1 Å². The van der Waals surface area contributed by atoms with Crippen molar-refractivity contribution in [3.8, 4) is 11.5 Å². The molecule has 0 aliphatic rings. The van der Waals surface area contributed by atoms with Crippen molar-refractivity contribution in [1.82, 2.24) is 4.98 Å². The van der Waals surface area contributed by atoms with Crippen LogP contribution in [0.3, 0.4) is 0 Å². The molecular formula is C13H10BrF2NO3. The predicted octanol–water partition coefficient (Wildman–Crippen LogP) is 4.22. The minimum Gasteiger partial charge on any atom is -0.460 e. The van der Waals surface area contributed by atoms with Crippen molar-refractivity contribution in [1.29, 1.82) is 0 Å². The van der Waals surface area contributed by atoms with Crippen LogP contribution >= 0.6 is 15.9 Å². The van der Waals surface area contributed by atoms with Crippen molar-refractivity contribution < 1.29 is 22.7 Å². The maximum absolute atomic E-state index is 12.9. The number of carbonyl (C=O) groups is 1. The second-order valence-corrected chi connectivity index (χ2v) is 4.68. The molecule has 0 aliphatic carbocycles. The maximum atomic E-state index is 12.9. The van der Waals surface area contributed by atoms with Crippen molar-refractivity contribution in [2.45, 2.75) is 13.3 Å². The molecule has 2 rings (SSSR count). The summed E-state index contributed by atoms with van der Waals surface area (Å²) in [6.07, 6.45) is -2.92. The summed E-state index contributed by atoms with van der Waals surface area (Å²) in [5.41, 5.74) is -0.227. The molecule has 0 N–H and O–H groups in total. The zero-order valence-corrected chi connectivity index (χ0v) is 12.0. The number of hydrogen-bond donors (Lipinski definition) is 0. The molecule has 0 unspecified atom stereocenters. The molecule has 106 valence electrons. The molecule has 0 saturated carbocycles. The fourth-order valence-corrected chi connectivity index (χ4v) is 1.97. The number of halogens is 3. The SMILES string of the molecule is CCOC(=O)c1oc(-c2cccc(Br)c2)nc1C(F)F. The highest BCUT2D eigenvalue weighted by molar-refractivity contribution is 9.10. The third kappa shape index (κ3) is 3.04. The number of rotatable bonds is 4. The molecule has 4 nitrogen and oxygen atoms in total. The van der Waals surface area contributed by atoms with Crippen molar-refractivity contribution in [2.75, 3.05) is 6.61 Å². The smallest absolute Gasteiger partial charge is 0.376 e. The van der Waals surface area contributed by atoms with Gasteiger partial charge in [-0.2, -0.15) is 0 Å². The molecule has 0 fully saturated rings. The minimum absolute atomic E-state index is 0.0512. The number of carbonyl (C=O) groups excluding carboxylic acids is 1. The van der Waals surface area contributed by atoms with Gasteiger partial charge in [0, 0.05) is 10.0 Å². The minimum atomic E-state index is -2.92. The number of esters is 1. The van der Waals surface area contributed by atoms with Crippen LogP contribution in [0.2, 0.25) is 0 Å². The van der Waals surface area contributed by atoms with E-state index in [1.54, 1.807) is 31.2 Å². The Morgan fingerprint density at radius 3 is 2.85 bits per heavy atom.